The largest absolute Gasteiger partial charge is 0.453 e. The lowest BCUT2D eigenvalue weighted by molar-refractivity contribution is 0.186. The van der Waals surface area contributed by atoms with E-state index in [4.69, 9.17) is 0 Å². The van der Waals surface area contributed by atoms with Gasteiger partial charge in [-0.05, 0) is 32.9 Å². The first-order chi connectivity index (χ1) is 13.5. The Morgan fingerprint density at radius 2 is 1.93 bits per heavy atom. The number of rotatable bonds is 4. The molecule has 0 saturated carbocycles. The smallest absolute Gasteiger partial charge is 0.413 e. The van der Waals surface area contributed by atoms with Crippen molar-refractivity contribution in [1.29, 1.82) is 0 Å². The summed E-state index contributed by atoms with van der Waals surface area (Å²) in [6, 6.07) is 2.56. The van der Waals surface area contributed by atoms with E-state index in [0.717, 1.165) is 4.52 Å². The number of sulfonamides is 1. The van der Waals surface area contributed by atoms with Crippen molar-refractivity contribution >= 4 is 27.7 Å². The first-order valence-corrected chi connectivity index (χ1v) is 9.87. The van der Waals surface area contributed by atoms with Crippen LogP contribution in [0.4, 0.5) is 15.1 Å². The number of methoxy groups -OCH3 is 1. The molecule has 1 amide bonds. The topological polar surface area (TPSA) is 128 Å². The summed E-state index contributed by atoms with van der Waals surface area (Å²) in [6.07, 6.45) is 3.26. The number of nitrogens with zero attached hydrogens (tertiary/aromatic N) is 4. The fourth-order valence-electron chi connectivity index (χ4n) is 2.49. The van der Waals surface area contributed by atoms with Gasteiger partial charge >= 0.3 is 6.09 Å². The monoisotopic (exact) mass is 422 g/mol. The number of fused-ring (bicyclic) bond motifs is 1. The second kappa shape index (κ2) is 7.37. The van der Waals surface area contributed by atoms with Gasteiger partial charge in [0.15, 0.2) is 11.5 Å². The van der Waals surface area contributed by atoms with Gasteiger partial charge in [-0.2, -0.15) is 4.98 Å². The quantitative estimate of drug-likeness (QED) is 0.660. The van der Waals surface area contributed by atoms with Crippen LogP contribution in [0.5, 0.6) is 0 Å². The van der Waals surface area contributed by atoms with Crippen LogP contribution in [0.3, 0.4) is 0 Å². The zero-order valence-corrected chi connectivity index (χ0v) is 16.9. The van der Waals surface area contributed by atoms with Crippen molar-refractivity contribution in [3.63, 3.8) is 0 Å². The molecule has 3 aromatic rings. The number of aromatic nitrogens is 4. The highest BCUT2D eigenvalue weighted by Crippen LogP contribution is 2.24. The van der Waals surface area contributed by atoms with Gasteiger partial charge in [-0.3, -0.25) is 10.3 Å². The summed E-state index contributed by atoms with van der Waals surface area (Å²) in [4.78, 5) is 19.1. The molecule has 3 heterocycles. The van der Waals surface area contributed by atoms with Crippen LogP contribution in [-0.2, 0) is 14.8 Å². The summed E-state index contributed by atoms with van der Waals surface area (Å²) < 4.78 is 47.7. The third kappa shape index (κ3) is 4.66. The van der Waals surface area contributed by atoms with Crippen LogP contribution in [0.25, 0.3) is 16.8 Å². The van der Waals surface area contributed by atoms with Crippen LogP contribution < -0.4 is 10.0 Å². The van der Waals surface area contributed by atoms with E-state index in [1.807, 2.05) is 0 Å². The lowest BCUT2D eigenvalue weighted by Crippen LogP contribution is -2.40. The Bertz CT molecular complexity index is 1190. The molecule has 0 aliphatic heterocycles. The highest BCUT2D eigenvalue weighted by atomic mass is 32.2. The number of halogens is 1. The normalized spacial score (nSPS) is 12.2. The third-order valence-electron chi connectivity index (χ3n) is 3.59. The lowest BCUT2D eigenvalue weighted by atomic mass is 10.1. The van der Waals surface area contributed by atoms with Crippen LogP contribution in [0.15, 0.2) is 35.6 Å². The van der Waals surface area contributed by atoms with Crippen LogP contribution in [-0.4, -0.2) is 46.7 Å². The number of pyridine rings is 2. The summed E-state index contributed by atoms with van der Waals surface area (Å²) in [5.41, 5.74) is -0.111. The molecule has 29 heavy (non-hydrogen) atoms. The van der Waals surface area contributed by atoms with Gasteiger partial charge in [0.1, 0.15) is 4.90 Å². The molecular weight excluding hydrogens is 403 g/mol. The van der Waals surface area contributed by atoms with E-state index in [9.17, 15) is 17.6 Å². The molecule has 0 saturated heterocycles. The van der Waals surface area contributed by atoms with Crippen molar-refractivity contribution in [2.24, 2.45) is 0 Å². The molecular formula is C17H19FN6O4S. The average Bonchev–Trinajstić information content (AvgIpc) is 3.02. The zero-order chi connectivity index (χ0) is 21.4. The molecule has 0 spiro atoms. The average molecular weight is 422 g/mol. The highest BCUT2D eigenvalue weighted by molar-refractivity contribution is 7.89. The maximum atomic E-state index is 14.5. The molecule has 0 aromatic carbocycles. The van der Waals surface area contributed by atoms with Gasteiger partial charge in [0.25, 0.3) is 5.95 Å². The van der Waals surface area contributed by atoms with Crippen LogP contribution in [0.1, 0.15) is 20.8 Å². The summed E-state index contributed by atoms with van der Waals surface area (Å²) in [5, 5.41) is 6.22. The molecule has 2 N–H and O–H groups in total. The summed E-state index contributed by atoms with van der Waals surface area (Å²) >= 11 is 0. The zero-order valence-electron chi connectivity index (χ0n) is 16.1. The first kappa shape index (κ1) is 20.6. The van der Waals surface area contributed by atoms with Crippen molar-refractivity contribution < 1.29 is 22.3 Å². The number of hydrogen-bond donors (Lipinski definition) is 2. The predicted octanol–water partition coefficient (Wildman–Crippen LogP) is 2.19. The van der Waals surface area contributed by atoms with Crippen molar-refractivity contribution in [2.45, 2.75) is 31.2 Å². The molecule has 0 radical (unpaired) electrons. The number of ether oxygens (including phenoxy) is 1. The van der Waals surface area contributed by atoms with Crippen molar-refractivity contribution in [3.05, 3.63) is 36.5 Å². The Hall–Kier alpha value is -3.12. The standard InChI is InChI=1S/C17H19FN6O4S/c1-17(2,3)23-29(26,27)12-5-10(7-19-8-12)11-6-13(18)14-20-15(21-16(25)28-4)22-24(14)9-11/h5-9,23H,1-4H3,(H,21,22,25). The molecule has 154 valence electrons. The van der Waals surface area contributed by atoms with Gasteiger partial charge in [-0.1, -0.05) is 0 Å². The molecule has 3 aromatic heterocycles. The summed E-state index contributed by atoms with van der Waals surface area (Å²) in [7, 11) is -2.64. The highest BCUT2D eigenvalue weighted by Gasteiger charge is 2.23. The Morgan fingerprint density at radius 1 is 1.21 bits per heavy atom. The van der Waals surface area contributed by atoms with Gasteiger partial charge in [-0.15, -0.1) is 5.10 Å². The molecule has 3 rings (SSSR count). The number of anilines is 1. The van der Waals surface area contributed by atoms with Gasteiger partial charge in [0, 0.05) is 35.3 Å². The molecule has 10 nitrogen and oxygen atoms in total. The maximum absolute atomic E-state index is 14.5. The molecule has 0 aliphatic carbocycles. The van der Waals surface area contributed by atoms with Crippen LogP contribution in [0, 0.1) is 5.82 Å². The van der Waals surface area contributed by atoms with E-state index in [1.165, 1.54) is 37.8 Å². The number of nitrogens with one attached hydrogen (secondary N) is 2. The Balaban J connectivity index is 2.02. The molecule has 0 atom stereocenters. The van der Waals surface area contributed by atoms with E-state index < -0.39 is 27.5 Å². The molecule has 0 aliphatic rings. The third-order valence-corrected chi connectivity index (χ3v) is 5.31. The molecule has 12 heteroatoms. The van der Waals surface area contributed by atoms with Gasteiger partial charge in [-0.25, -0.2) is 26.8 Å². The van der Waals surface area contributed by atoms with Gasteiger partial charge < -0.3 is 4.74 Å². The minimum Gasteiger partial charge on any atom is -0.453 e. The summed E-state index contributed by atoms with van der Waals surface area (Å²) in [6.45, 7) is 5.15. The van der Waals surface area contributed by atoms with E-state index >= 15 is 0 Å². The maximum Gasteiger partial charge on any atom is 0.413 e. The molecule has 0 bridgehead atoms. The van der Waals surface area contributed by atoms with E-state index in [-0.39, 0.29) is 16.5 Å². The minimum atomic E-state index is -3.82. The number of amides is 1. The first-order valence-electron chi connectivity index (χ1n) is 8.39. The SMILES string of the molecule is COC(=O)Nc1nc2c(F)cc(-c3cncc(S(=O)(=O)NC(C)(C)C)c3)cn2n1. The Morgan fingerprint density at radius 3 is 2.59 bits per heavy atom. The Kier molecular flexibility index (Phi) is 5.24. The number of hydrogen-bond acceptors (Lipinski definition) is 7. The fourth-order valence-corrected chi connectivity index (χ4v) is 3.89. The second-order valence-electron chi connectivity index (χ2n) is 7.16. The van der Waals surface area contributed by atoms with Crippen molar-refractivity contribution in [2.75, 3.05) is 12.4 Å². The fraction of sp³-hybridized carbons (Fsp3) is 0.294. The molecule has 0 fully saturated rings. The predicted molar refractivity (Wildman–Crippen MR) is 102 cm³/mol. The summed E-state index contributed by atoms with van der Waals surface area (Å²) in [5.74, 6) is -0.856. The Labute approximate surface area is 166 Å². The van der Waals surface area contributed by atoms with Crippen LogP contribution in [0.2, 0.25) is 0 Å². The van der Waals surface area contributed by atoms with Gasteiger partial charge in [0.2, 0.25) is 10.0 Å². The van der Waals surface area contributed by atoms with Crippen molar-refractivity contribution in [1.82, 2.24) is 24.3 Å². The van der Waals surface area contributed by atoms with Crippen LogP contribution >= 0.6 is 0 Å². The van der Waals surface area contributed by atoms with E-state index in [1.54, 1.807) is 20.8 Å². The number of carbonyl (C=O) groups excluding carboxylic acids is 1. The minimum absolute atomic E-state index is 0.0583. The second-order valence-corrected chi connectivity index (χ2v) is 8.84. The van der Waals surface area contributed by atoms with E-state index in [2.05, 4.69) is 29.8 Å². The van der Waals surface area contributed by atoms with Crippen molar-refractivity contribution in [3.8, 4) is 11.1 Å². The molecule has 0 unspecified atom stereocenters. The lowest BCUT2D eigenvalue weighted by Gasteiger charge is -2.20. The van der Waals surface area contributed by atoms with Gasteiger partial charge in [0.05, 0.1) is 7.11 Å². The van der Waals surface area contributed by atoms with E-state index in [0.29, 0.717) is 11.1 Å². The number of carbonyl (C=O) groups is 1.